The SMILES string of the molecule is CCOC(=O)[C@@H]1CCC[NH+](Cn2nc(-c3ccc(OC)c(OC)c3)oc2=S)C1. The molecule has 1 aliphatic rings. The van der Waals surface area contributed by atoms with Crippen LogP contribution in [0.25, 0.3) is 11.5 Å². The third kappa shape index (κ3) is 4.53. The lowest BCUT2D eigenvalue weighted by atomic mass is 9.99. The molecule has 1 unspecified atom stereocenters. The van der Waals surface area contributed by atoms with E-state index in [-0.39, 0.29) is 11.9 Å². The molecule has 1 saturated heterocycles. The van der Waals surface area contributed by atoms with Crippen LogP contribution in [0, 0.1) is 10.8 Å². The fourth-order valence-corrected chi connectivity index (χ4v) is 3.64. The molecule has 0 aliphatic carbocycles. The molecule has 0 spiro atoms. The summed E-state index contributed by atoms with van der Waals surface area (Å²) >= 11 is 5.35. The van der Waals surface area contributed by atoms with E-state index < -0.39 is 0 Å². The molecule has 0 amide bonds. The predicted molar refractivity (Wildman–Crippen MR) is 104 cm³/mol. The van der Waals surface area contributed by atoms with E-state index in [9.17, 15) is 4.79 Å². The third-order valence-electron chi connectivity index (χ3n) is 4.85. The van der Waals surface area contributed by atoms with Crippen LogP contribution in [0.2, 0.25) is 0 Å². The molecule has 1 aliphatic heterocycles. The fourth-order valence-electron chi connectivity index (χ4n) is 3.46. The first-order valence-electron chi connectivity index (χ1n) is 9.36. The lowest BCUT2D eigenvalue weighted by Crippen LogP contribution is -3.13. The van der Waals surface area contributed by atoms with Gasteiger partial charge in [-0.3, -0.25) is 4.79 Å². The number of nitrogens with one attached hydrogen (secondary N) is 1. The van der Waals surface area contributed by atoms with Crippen LogP contribution in [0.5, 0.6) is 11.5 Å². The minimum absolute atomic E-state index is 0.0740. The normalized spacial score (nSPS) is 19.2. The van der Waals surface area contributed by atoms with Crippen LogP contribution in [0.3, 0.4) is 0 Å². The summed E-state index contributed by atoms with van der Waals surface area (Å²) in [6.07, 6.45) is 1.83. The molecule has 1 aromatic heterocycles. The molecule has 0 radical (unpaired) electrons. The Labute approximate surface area is 169 Å². The van der Waals surface area contributed by atoms with Crippen molar-refractivity contribution < 1.29 is 28.3 Å². The smallest absolute Gasteiger partial charge is 0.314 e. The minimum atomic E-state index is -0.116. The average molecular weight is 409 g/mol. The van der Waals surface area contributed by atoms with Gasteiger partial charge in [0.15, 0.2) is 18.2 Å². The average Bonchev–Trinajstić information content (AvgIpc) is 3.08. The third-order valence-corrected chi connectivity index (χ3v) is 5.14. The van der Waals surface area contributed by atoms with Gasteiger partial charge in [0.1, 0.15) is 5.92 Å². The van der Waals surface area contributed by atoms with Gasteiger partial charge in [-0.15, -0.1) is 5.10 Å². The van der Waals surface area contributed by atoms with Gasteiger partial charge in [-0.05, 0) is 50.2 Å². The zero-order chi connectivity index (χ0) is 20.1. The highest BCUT2D eigenvalue weighted by Crippen LogP contribution is 2.31. The Kier molecular flexibility index (Phi) is 6.69. The number of carbonyl (C=O) groups is 1. The topological polar surface area (TPSA) is 80.2 Å². The number of rotatable bonds is 7. The first-order valence-corrected chi connectivity index (χ1v) is 9.77. The van der Waals surface area contributed by atoms with Gasteiger partial charge in [-0.1, -0.05) is 0 Å². The maximum Gasteiger partial charge on any atom is 0.314 e. The lowest BCUT2D eigenvalue weighted by molar-refractivity contribution is -0.930. The second kappa shape index (κ2) is 9.20. The van der Waals surface area contributed by atoms with Crippen molar-refractivity contribution in [1.29, 1.82) is 0 Å². The van der Waals surface area contributed by atoms with E-state index >= 15 is 0 Å². The second-order valence-corrected chi connectivity index (χ2v) is 7.05. The molecule has 152 valence electrons. The molecule has 1 fully saturated rings. The molecule has 2 atom stereocenters. The number of likely N-dealkylation sites (tertiary alicyclic amines) is 1. The monoisotopic (exact) mass is 408 g/mol. The van der Waals surface area contributed by atoms with Crippen LogP contribution in [0.15, 0.2) is 22.6 Å². The van der Waals surface area contributed by atoms with E-state index in [0.29, 0.717) is 42.0 Å². The predicted octanol–water partition coefficient (Wildman–Crippen LogP) is 1.71. The number of nitrogens with zero attached hydrogens (tertiary/aromatic N) is 2. The summed E-state index contributed by atoms with van der Waals surface area (Å²) in [4.78, 5) is 13.6. The van der Waals surface area contributed by atoms with Gasteiger partial charge in [0.05, 0.1) is 33.9 Å². The standard InChI is InChI=1S/C19H25N3O5S/c1-4-26-18(23)14-6-5-9-21(11-14)12-22-19(28)27-17(20-22)13-7-8-15(24-2)16(10-13)25-3/h7-8,10,14H,4-6,9,11-12H2,1-3H3/p+1/t14-/m1/s1. The van der Waals surface area contributed by atoms with E-state index in [1.807, 2.05) is 13.0 Å². The summed E-state index contributed by atoms with van der Waals surface area (Å²) in [5.74, 6) is 1.45. The number of ether oxygens (including phenoxy) is 3. The molecule has 1 N–H and O–H groups in total. The Hall–Kier alpha value is -2.39. The van der Waals surface area contributed by atoms with Crippen molar-refractivity contribution in [3.8, 4) is 23.0 Å². The van der Waals surface area contributed by atoms with Gasteiger partial charge in [-0.25, -0.2) is 0 Å². The van der Waals surface area contributed by atoms with Crippen LogP contribution in [-0.2, 0) is 16.2 Å². The van der Waals surface area contributed by atoms with E-state index in [4.69, 9.17) is 30.8 Å². The molecule has 3 rings (SSSR count). The van der Waals surface area contributed by atoms with Crippen LogP contribution in [0.1, 0.15) is 19.8 Å². The quantitative estimate of drug-likeness (QED) is 0.552. The number of esters is 1. The number of piperidine rings is 1. The van der Waals surface area contributed by atoms with E-state index in [1.165, 1.54) is 4.90 Å². The summed E-state index contributed by atoms with van der Waals surface area (Å²) in [7, 11) is 3.17. The first kappa shape index (κ1) is 20.3. The summed E-state index contributed by atoms with van der Waals surface area (Å²) in [5.41, 5.74) is 0.751. The maximum atomic E-state index is 12.0. The molecule has 1 aromatic carbocycles. The van der Waals surface area contributed by atoms with Crippen LogP contribution >= 0.6 is 12.2 Å². The number of aromatic nitrogens is 2. The van der Waals surface area contributed by atoms with Gasteiger partial charge in [0, 0.05) is 5.56 Å². The summed E-state index contributed by atoms with van der Waals surface area (Å²) < 4.78 is 23.1. The number of carbonyl (C=O) groups excluding carboxylic acids is 1. The van der Waals surface area contributed by atoms with Crippen molar-refractivity contribution in [2.24, 2.45) is 5.92 Å². The van der Waals surface area contributed by atoms with E-state index in [0.717, 1.165) is 24.9 Å². The number of methoxy groups -OCH3 is 2. The lowest BCUT2D eigenvalue weighted by Gasteiger charge is -2.28. The van der Waals surface area contributed by atoms with Gasteiger partial charge < -0.3 is 23.5 Å². The highest BCUT2D eigenvalue weighted by molar-refractivity contribution is 7.71. The Morgan fingerprint density at radius 3 is 2.86 bits per heavy atom. The van der Waals surface area contributed by atoms with Crippen molar-refractivity contribution in [3.05, 3.63) is 23.0 Å². The molecular formula is C19H26N3O5S+. The summed E-state index contributed by atoms with van der Waals surface area (Å²) in [5, 5.41) is 4.52. The van der Waals surface area contributed by atoms with E-state index in [2.05, 4.69) is 5.10 Å². The zero-order valence-electron chi connectivity index (χ0n) is 16.4. The Balaban J connectivity index is 1.74. The molecule has 0 saturated carbocycles. The van der Waals surface area contributed by atoms with Gasteiger partial charge in [0.2, 0.25) is 5.89 Å². The van der Waals surface area contributed by atoms with Gasteiger partial charge in [-0.2, -0.15) is 4.68 Å². The highest BCUT2D eigenvalue weighted by atomic mass is 32.1. The van der Waals surface area contributed by atoms with Crippen LogP contribution in [0.4, 0.5) is 0 Å². The Morgan fingerprint density at radius 1 is 1.36 bits per heavy atom. The van der Waals surface area contributed by atoms with E-state index in [1.54, 1.807) is 31.0 Å². The van der Waals surface area contributed by atoms with Gasteiger partial charge >= 0.3 is 5.97 Å². The number of benzene rings is 1. The van der Waals surface area contributed by atoms with Crippen molar-refractivity contribution in [2.45, 2.75) is 26.4 Å². The fraction of sp³-hybridized carbons (Fsp3) is 0.526. The number of hydrogen-bond acceptors (Lipinski definition) is 7. The minimum Gasteiger partial charge on any atom is -0.493 e. The summed E-state index contributed by atoms with van der Waals surface area (Å²) in [6, 6.07) is 5.44. The maximum absolute atomic E-state index is 12.0. The largest absolute Gasteiger partial charge is 0.493 e. The van der Waals surface area contributed by atoms with Crippen molar-refractivity contribution in [3.63, 3.8) is 0 Å². The Bertz CT molecular complexity index is 879. The first-order chi connectivity index (χ1) is 13.5. The van der Waals surface area contributed by atoms with Crippen LogP contribution < -0.4 is 14.4 Å². The molecule has 8 nitrogen and oxygen atoms in total. The highest BCUT2D eigenvalue weighted by Gasteiger charge is 2.30. The van der Waals surface area contributed by atoms with Crippen molar-refractivity contribution in [1.82, 2.24) is 9.78 Å². The molecule has 2 heterocycles. The molecule has 0 bridgehead atoms. The second-order valence-electron chi connectivity index (χ2n) is 6.70. The van der Waals surface area contributed by atoms with Crippen LogP contribution in [-0.4, -0.2) is 49.7 Å². The van der Waals surface area contributed by atoms with Crippen molar-refractivity contribution >= 4 is 18.2 Å². The summed E-state index contributed by atoms with van der Waals surface area (Å²) in [6.45, 7) is 4.45. The molecule has 9 heteroatoms. The number of quaternary nitrogens is 1. The number of hydrogen-bond donors (Lipinski definition) is 1. The van der Waals surface area contributed by atoms with Gasteiger partial charge in [0.25, 0.3) is 4.84 Å². The Morgan fingerprint density at radius 2 is 2.14 bits per heavy atom. The van der Waals surface area contributed by atoms with Crippen molar-refractivity contribution in [2.75, 3.05) is 33.9 Å². The molecule has 2 aromatic rings. The molecular weight excluding hydrogens is 382 g/mol. The molecule has 28 heavy (non-hydrogen) atoms. The zero-order valence-corrected chi connectivity index (χ0v) is 17.2.